The number of methoxy groups -OCH3 is 1. The van der Waals surface area contributed by atoms with Gasteiger partial charge in [0.05, 0.1) is 17.6 Å². The second-order valence-corrected chi connectivity index (χ2v) is 4.93. The molecule has 0 aliphatic rings. The summed E-state index contributed by atoms with van der Waals surface area (Å²) >= 11 is 0. The number of benzene rings is 2. The molecule has 7 heteroatoms. The van der Waals surface area contributed by atoms with Crippen LogP contribution < -0.4 is 4.74 Å². The minimum Gasteiger partial charge on any atom is -0.482 e. The van der Waals surface area contributed by atoms with Crippen LogP contribution in [0.25, 0.3) is 0 Å². The first-order chi connectivity index (χ1) is 11.4. The molecule has 0 bridgehead atoms. The molecule has 0 fully saturated rings. The van der Waals surface area contributed by atoms with Crippen LogP contribution in [-0.2, 0) is 11.3 Å². The number of carbonyl (C=O) groups is 2. The minimum atomic E-state index is -0.592. The molecule has 7 nitrogen and oxygen atoms in total. The summed E-state index contributed by atoms with van der Waals surface area (Å²) in [6.07, 6.45) is 0. The van der Waals surface area contributed by atoms with Gasteiger partial charge in [0.25, 0.3) is 0 Å². The maximum absolute atomic E-state index is 11.7. The Morgan fingerprint density at radius 3 is 2.50 bits per heavy atom. The summed E-state index contributed by atoms with van der Waals surface area (Å²) in [5.41, 5.74) is 0.879. The Balaban J connectivity index is 2.32. The zero-order chi connectivity index (χ0) is 17.7. The number of hydrogen-bond donors (Lipinski definition) is 0. The summed E-state index contributed by atoms with van der Waals surface area (Å²) in [4.78, 5) is 33.7. The number of ketones is 1. The van der Waals surface area contributed by atoms with Gasteiger partial charge in [0, 0.05) is 17.2 Å². The Bertz CT molecular complexity index is 799. The number of nitro benzene ring substituents is 1. The highest BCUT2D eigenvalue weighted by atomic mass is 16.6. The lowest BCUT2D eigenvalue weighted by Gasteiger charge is -2.10. The lowest BCUT2D eigenvalue weighted by Crippen LogP contribution is -2.08. The fourth-order valence-corrected chi connectivity index (χ4v) is 2.11. The summed E-state index contributed by atoms with van der Waals surface area (Å²) in [6, 6.07) is 10.5. The first-order valence-corrected chi connectivity index (χ1v) is 7.02. The molecule has 0 amide bonds. The monoisotopic (exact) mass is 329 g/mol. The number of Topliss-reactive ketones (excluding diaryl/α,β-unsaturated/α-hetero) is 1. The molecule has 0 unspecified atom stereocenters. The Kier molecular flexibility index (Phi) is 5.26. The minimum absolute atomic E-state index is 0.0348. The number of nitrogens with zero attached hydrogens (tertiary/aromatic N) is 1. The normalized spacial score (nSPS) is 10.1. The smallest absolute Gasteiger partial charge is 0.338 e. The third-order valence-electron chi connectivity index (χ3n) is 3.37. The van der Waals surface area contributed by atoms with Crippen molar-refractivity contribution in [1.82, 2.24) is 0 Å². The van der Waals surface area contributed by atoms with Crippen molar-refractivity contribution >= 4 is 17.4 Å². The van der Waals surface area contributed by atoms with Crippen molar-refractivity contribution in [3.8, 4) is 5.75 Å². The van der Waals surface area contributed by atoms with Gasteiger partial charge in [-0.05, 0) is 25.1 Å². The summed E-state index contributed by atoms with van der Waals surface area (Å²) < 4.78 is 10.2. The number of ether oxygens (including phenoxy) is 2. The van der Waals surface area contributed by atoms with Crippen LogP contribution in [0.5, 0.6) is 5.75 Å². The van der Waals surface area contributed by atoms with E-state index in [9.17, 15) is 19.7 Å². The predicted molar refractivity (Wildman–Crippen MR) is 85.2 cm³/mol. The van der Waals surface area contributed by atoms with Crippen LogP contribution in [0.2, 0.25) is 0 Å². The number of hydrogen-bond acceptors (Lipinski definition) is 6. The molecule has 0 saturated heterocycles. The maximum Gasteiger partial charge on any atom is 0.338 e. The van der Waals surface area contributed by atoms with Gasteiger partial charge >= 0.3 is 11.7 Å². The van der Waals surface area contributed by atoms with Gasteiger partial charge in [-0.3, -0.25) is 14.9 Å². The van der Waals surface area contributed by atoms with Gasteiger partial charge in [-0.1, -0.05) is 18.2 Å². The van der Waals surface area contributed by atoms with Gasteiger partial charge in [0.1, 0.15) is 6.61 Å². The molecule has 0 aliphatic heterocycles. The highest BCUT2D eigenvalue weighted by Crippen LogP contribution is 2.29. The van der Waals surface area contributed by atoms with Crippen molar-refractivity contribution in [1.29, 1.82) is 0 Å². The fraction of sp³-hybridized carbons (Fsp3) is 0.176. The van der Waals surface area contributed by atoms with Crippen LogP contribution in [0.15, 0.2) is 42.5 Å². The van der Waals surface area contributed by atoms with Crippen LogP contribution in [0.1, 0.15) is 33.2 Å². The topological polar surface area (TPSA) is 95.7 Å². The quantitative estimate of drug-likeness (QED) is 0.349. The van der Waals surface area contributed by atoms with E-state index in [2.05, 4.69) is 0 Å². The van der Waals surface area contributed by atoms with Crippen molar-refractivity contribution in [2.24, 2.45) is 0 Å². The Labute approximate surface area is 138 Å². The van der Waals surface area contributed by atoms with E-state index in [0.29, 0.717) is 16.7 Å². The third-order valence-corrected chi connectivity index (χ3v) is 3.37. The van der Waals surface area contributed by atoms with Crippen molar-refractivity contribution < 1.29 is 24.0 Å². The zero-order valence-corrected chi connectivity index (χ0v) is 13.1. The van der Waals surface area contributed by atoms with Crippen LogP contribution >= 0.6 is 0 Å². The second kappa shape index (κ2) is 7.36. The highest BCUT2D eigenvalue weighted by molar-refractivity contribution is 5.95. The van der Waals surface area contributed by atoms with Crippen molar-refractivity contribution in [2.75, 3.05) is 7.11 Å². The molecule has 0 radical (unpaired) electrons. The van der Waals surface area contributed by atoms with Crippen LogP contribution in [0.3, 0.4) is 0 Å². The largest absolute Gasteiger partial charge is 0.482 e. The number of carbonyl (C=O) groups excluding carboxylic acids is 2. The molecule has 0 N–H and O–H groups in total. The third kappa shape index (κ3) is 3.75. The van der Waals surface area contributed by atoms with Gasteiger partial charge in [0.15, 0.2) is 11.5 Å². The molecule has 0 heterocycles. The molecule has 0 aromatic heterocycles. The van der Waals surface area contributed by atoms with E-state index < -0.39 is 10.9 Å². The van der Waals surface area contributed by atoms with Crippen LogP contribution in [0.4, 0.5) is 5.69 Å². The fourth-order valence-electron chi connectivity index (χ4n) is 2.11. The average Bonchev–Trinajstić information content (AvgIpc) is 2.59. The summed E-state index contributed by atoms with van der Waals surface area (Å²) in [5.74, 6) is -0.793. The molecular weight excluding hydrogens is 314 g/mol. The van der Waals surface area contributed by atoms with E-state index >= 15 is 0 Å². The lowest BCUT2D eigenvalue weighted by atomic mass is 10.1. The molecule has 2 aromatic rings. The lowest BCUT2D eigenvalue weighted by molar-refractivity contribution is -0.385. The molecule has 124 valence electrons. The highest BCUT2D eigenvalue weighted by Gasteiger charge is 2.18. The Morgan fingerprint density at radius 1 is 1.17 bits per heavy atom. The molecule has 0 atom stereocenters. The van der Waals surface area contributed by atoms with Crippen LogP contribution in [-0.4, -0.2) is 23.8 Å². The van der Waals surface area contributed by atoms with Gasteiger partial charge in [-0.2, -0.15) is 0 Å². The van der Waals surface area contributed by atoms with Gasteiger partial charge in [-0.15, -0.1) is 0 Å². The van der Waals surface area contributed by atoms with E-state index in [4.69, 9.17) is 9.47 Å². The van der Waals surface area contributed by atoms with Gasteiger partial charge < -0.3 is 9.47 Å². The van der Waals surface area contributed by atoms with Crippen molar-refractivity contribution in [3.63, 3.8) is 0 Å². The first-order valence-electron chi connectivity index (χ1n) is 7.02. The Morgan fingerprint density at radius 2 is 1.88 bits per heavy atom. The van der Waals surface area contributed by atoms with Gasteiger partial charge in [-0.25, -0.2) is 4.79 Å². The predicted octanol–water partition coefficient (Wildman–Crippen LogP) is 3.16. The molecular formula is C17H15NO6. The average molecular weight is 329 g/mol. The first kappa shape index (κ1) is 17.1. The SMILES string of the molecule is COC(=O)c1ccccc1COc1cc(C(C)=O)ccc1[N+](=O)[O-]. The van der Waals surface area contributed by atoms with E-state index in [1.54, 1.807) is 24.3 Å². The summed E-state index contributed by atoms with van der Waals surface area (Å²) in [7, 11) is 1.27. The molecule has 0 aliphatic carbocycles. The van der Waals surface area contributed by atoms with E-state index in [1.807, 2.05) is 0 Å². The van der Waals surface area contributed by atoms with E-state index in [-0.39, 0.29) is 23.8 Å². The number of nitro groups is 1. The molecule has 2 rings (SSSR count). The molecule has 24 heavy (non-hydrogen) atoms. The van der Waals surface area contributed by atoms with Crippen LogP contribution in [0, 0.1) is 10.1 Å². The molecule has 2 aromatic carbocycles. The van der Waals surface area contributed by atoms with E-state index in [0.717, 1.165) is 0 Å². The summed E-state index contributed by atoms with van der Waals surface area (Å²) in [5, 5.41) is 11.1. The number of esters is 1. The molecule has 0 spiro atoms. The summed E-state index contributed by atoms with van der Waals surface area (Å²) in [6.45, 7) is 1.28. The second-order valence-electron chi connectivity index (χ2n) is 4.93. The number of rotatable bonds is 6. The van der Waals surface area contributed by atoms with Crippen molar-refractivity contribution in [3.05, 3.63) is 69.3 Å². The Hall–Kier alpha value is -3.22. The van der Waals surface area contributed by atoms with Gasteiger partial charge in [0.2, 0.25) is 0 Å². The standard InChI is InChI=1S/C17H15NO6/c1-11(19)12-7-8-15(18(21)22)16(9-12)24-10-13-5-3-4-6-14(13)17(20)23-2/h3-9H,10H2,1-2H3. The maximum atomic E-state index is 11.7. The van der Waals surface area contributed by atoms with Crippen molar-refractivity contribution in [2.45, 2.75) is 13.5 Å². The van der Waals surface area contributed by atoms with E-state index in [1.165, 1.54) is 32.2 Å². The molecule has 0 saturated carbocycles. The zero-order valence-electron chi connectivity index (χ0n) is 13.1.